The van der Waals surface area contributed by atoms with Crippen LogP contribution < -0.4 is 0 Å². The Labute approximate surface area is 104 Å². The van der Waals surface area contributed by atoms with Crippen LogP contribution >= 0.6 is 39.3 Å². The molecule has 2 aromatic rings. The first-order chi connectivity index (χ1) is 7.25. The van der Waals surface area contributed by atoms with Crippen molar-refractivity contribution in [2.24, 2.45) is 0 Å². The average molecular weight is 303 g/mol. The van der Waals surface area contributed by atoms with Crippen LogP contribution in [0, 0.1) is 0 Å². The number of hydrogen-bond acceptors (Lipinski definition) is 4. The van der Waals surface area contributed by atoms with Gasteiger partial charge in [0.25, 0.3) is 0 Å². The Balaban J connectivity index is 2.28. The van der Waals surface area contributed by atoms with Gasteiger partial charge in [0.05, 0.1) is 4.47 Å². The van der Waals surface area contributed by atoms with Crippen LogP contribution in [0.15, 0.2) is 45.1 Å². The largest absolute Gasteiger partial charge is 0.250 e. The lowest BCUT2D eigenvalue weighted by atomic mass is 10.5. The summed E-state index contributed by atoms with van der Waals surface area (Å²) >= 11 is 10.5. The molecular formula is C9H5BrClN3S. The third-order valence-electron chi connectivity index (χ3n) is 1.52. The van der Waals surface area contributed by atoms with Gasteiger partial charge in [-0.15, -0.1) is 0 Å². The highest BCUT2D eigenvalue weighted by Gasteiger charge is 2.06. The van der Waals surface area contributed by atoms with Crippen LogP contribution in [-0.4, -0.2) is 15.0 Å². The van der Waals surface area contributed by atoms with Gasteiger partial charge in [0, 0.05) is 12.4 Å². The highest BCUT2D eigenvalue weighted by Crippen LogP contribution is 2.30. The van der Waals surface area contributed by atoms with E-state index in [9.17, 15) is 0 Å². The van der Waals surface area contributed by atoms with Gasteiger partial charge in [0.1, 0.15) is 10.1 Å². The number of hydrogen-bond donors (Lipinski definition) is 0. The molecule has 2 aromatic heterocycles. The number of pyridine rings is 1. The van der Waals surface area contributed by atoms with Crippen LogP contribution in [0.4, 0.5) is 0 Å². The molecular weight excluding hydrogens is 298 g/mol. The minimum atomic E-state index is 0.233. The summed E-state index contributed by atoms with van der Waals surface area (Å²) in [6.45, 7) is 0. The van der Waals surface area contributed by atoms with Crippen molar-refractivity contribution in [3.05, 3.63) is 40.3 Å². The van der Waals surface area contributed by atoms with E-state index in [0.717, 1.165) is 14.5 Å². The van der Waals surface area contributed by atoms with Crippen LogP contribution in [0.5, 0.6) is 0 Å². The first-order valence-corrected chi connectivity index (χ1v) is 6.01. The zero-order valence-corrected chi connectivity index (χ0v) is 10.6. The van der Waals surface area contributed by atoms with Crippen molar-refractivity contribution in [1.29, 1.82) is 0 Å². The molecule has 0 bridgehead atoms. The summed E-state index contributed by atoms with van der Waals surface area (Å²) in [5.41, 5.74) is 0. The second-order valence-corrected chi connectivity index (χ2v) is 4.76. The lowest BCUT2D eigenvalue weighted by Gasteiger charge is -2.01. The van der Waals surface area contributed by atoms with Gasteiger partial charge >= 0.3 is 0 Å². The predicted octanol–water partition coefficient (Wildman–Crippen LogP) is 3.44. The summed E-state index contributed by atoms with van der Waals surface area (Å²) in [4.78, 5) is 12.1. The van der Waals surface area contributed by atoms with Crippen molar-refractivity contribution < 1.29 is 0 Å². The molecule has 0 amide bonds. The minimum Gasteiger partial charge on any atom is -0.250 e. The molecule has 0 saturated heterocycles. The van der Waals surface area contributed by atoms with Crippen LogP contribution in [0.3, 0.4) is 0 Å². The predicted molar refractivity (Wildman–Crippen MR) is 63.1 cm³/mol. The number of rotatable bonds is 2. The number of aromatic nitrogens is 3. The summed E-state index contributed by atoms with van der Waals surface area (Å²) in [6.07, 6.45) is 3.36. The maximum Gasteiger partial charge on any atom is 0.223 e. The zero-order valence-electron chi connectivity index (χ0n) is 7.39. The second kappa shape index (κ2) is 4.92. The molecule has 0 spiro atoms. The standard InChI is InChI=1S/C9H5BrClN3S/c10-6-5-13-9(11)14-8(6)15-7-3-1-2-4-12-7/h1-5H. The third-order valence-corrected chi connectivity index (χ3v) is 3.50. The smallest absolute Gasteiger partial charge is 0.223 e. The Bertz CT molecular complexity index is 466. The average Bonchev–Trinajstić information content (AvgIpc) is 2.25. The van der Waals surface area contributed by atoms with E-state index in [1.807, 2.05) is 18.2 Å². The molecule has 0 radical (unpaired) electrons. The first kappa shape index (κ1) is 10.9. The number of halogens is 2. The van der Waals surface area contributed by atoms with Gasteiger partial charge in [-0.3, -0.25) is 0 Å². The monoisotopic (exact) mass is 301 g/mol. The zero-order chi connectivity index (χ0) is 10.7. The van der Waals surface area contributed by atoms with E-state index < -0.39 is 0 Å². The van der Waals surface area contributed by atoms with E-state index in [1.165, 1.54) is 11.8 Å². The molecule has 0 N–H and O–H groups in total. The Morgan fingerprint density at radius 1 is 1.27 bits per heavy atom. The topological polar surface area (TPSA) is 38.7 Å². The Morgan fingerprint density at radius 2 is 2.13 bits per heavy atom. The van der Waals surface area contributed by atoms with Gasteiger partial charge in [-0.05, 0) is 51.4 Å². The molecule has 0 unspecified atom stereocenters. The summed E-state index contributed by atoms with van der Waals surface area (Å²) < 4.78 is 0.808. The van der Waals surface area contributed by atoms with E-state index in [2.05, 4.69) is 30.9 Å². The van der Waals surface area contributed by atoms with Gasteiger partial charge in [-0.2, -0.15) is 0 Å². The first-order valence-electron chi connectivity index (χ1n) is 4.02. The minimum absolute atomic E-state index is 0.233. The van der Waals surface area contributed by atoms with Gasteiger partial charge < -0.3 is 0 Å². The van der Waals surface area contributed by atoms with E-state index >= 15 is 0 Å². The van der Waals surface area contributed by atoms with Gasteiger partial charge in [0.2, 0.25) is 5.28 Å². The van der Waals surface area contributed by atoms with Crippen molar-refractivity contribution in [2.75, 3.05) is 0 Å². The molecule has 15 heavy (non-hydrogen) atoms. The summed E-state index contributed by atoms with van der Waals surface area (Å²) in [5, 5.41) is 1.86. The fourth-order valence-corrected chi connectivity index (χ4v) is 2.27. The lowest BCUT2D eigenvalue weighted by molar-refractivity contribution is 1.02. The number of nitrogens with zero attached hydrogens (tertiary/aromatic N) is 3. The van der Waals surface area contributed by atoms with E-state index in [0.29, 0.717) is 0 Å². The van der Waals surface area contributed by atoms with E-state index in [4.69, 9.17) is 11.6 Å². The summed E-state index contributed by atoms with van der Waals surface area (Å²) in [6, 6.07) is 5.70. The van der Waals surface area contributed by atoms with E-state index in [1.54, 1.807) is 12.4 Å². The normalized spacial score (nSPS) is 10.3. The van der Waals surface area contributed by atoms with Crippen LogP contribution in [0.25, 0.3) is 0 Å². The quantitative estimate of drug-likeness (QED) is 0.629. The van der Waals surface area contributed by atoms with Crippen LogP contribution in [0.2, 0.25) is 5.28 Å². The van der Waals surface area contributed by atoms with Crippen molar-refractivity contribution in [3.8, 4) is 0 Å². The van der Waals surface area contributed by atoms with Gasteiger partial charge in [-0.1, -0.05) is 6.07 Å². The summed E-state index contributed by atoms with van der Waals surface area (Å²) in [5.74, 6) is 0. The Kier molecular flexibility index (Phi) is 3.56. The highest BCUT2D eigenvalue weighted by molar-refractivity contribution is 9.10. The highest BCUT2D eigenvalue weighted by atomic mass is 79.9. The van der Waals surface area contributed by atoms with E-state index in [-0.39, 0.29) is 5.28 Å². The molecule has 2 rings (SSSR count). The maximum absolute atomic E-state index is 5.71. The summed E-state index contributed by atoms with van der Waals surface area (Å²) in [7, 11) is 0. The molecule has 0 fully saturated rings. The fraction of sp³-hybridized carbons (Fsp3) is 0. The van der Waals surface area contributed by atoms with Crippen LogP contribution in [-0.2, 0) is 0 Å². The molecule has 3 nitrogen and oxygen atoms in total. The lowest BCUT2D eigenvalue weighted by Crippen LogP contribution is -1.87. The Morgan fingerprint density at radius 3 is 2.87 bits per heavy atom. The molecule has 0 saturated carbocycles. The molecule has 2 heterocycles. The SMILES string of the molecule is Clc1ncc(Br)c(Sc2ccccn2)n1. The molecule has 0 aromatic carbocycles. The van der Waals surface area contributed by atoms with Gasteiger partial charge in [-0.25, -0.2) is 15.0 Å². The molecule has 76 valence electrons. The van der Waals surface area contributed by atoms with Crippen molar-refractivity contribution in [3.63, 3.8) is 0 Å². The van der Waals surface area contributed by atoms with Crippen LogP contribution in [0.1, 0.15) is 0 Å². The fourth-order valence-electron chi connectivity index (χ4n) is 0.909. The molecule has 6 heteroatoms. The molecule has 0 aliphatic rings. The van der Waals surface area contributed by atoms with Gasteiger partial charge in [0.15, 0.2) is 0 Å². The second-order valence-electron chi connectivity index (χ2n) is 2.56. The molecule has 0 atom stereocenters. The Hall–Kier alpha value is -0.650. The third kappa shape index (κ3) is 2.90. The molecule has 0 aliphatic carbocycles. The maximum atomic E-state index is 5.71. The van der Waals surface area contributed by atoms with Crippen molar-refractivity contribution in [2.45, 2.75) is 10.1 Å². The van der Waals surface area contributed by atoms with Crippen molar-refractivity contribution >= 4 is 39.3 Å². The van der Waals surface area contributed by atoms with Crippen molar-refractivity contribution in [1.82, 2.24) is 15.0 Å². The molecule has 0 aliphatic heterocycles.